The second-order valence-corrected chi connectivity index (χ2v) is 7.96. The quantitative estimate of drug-likeness (QED) is 0.677. The summed E-state index contributed by atoms with van der Waals surface area (Å²) in [6.07, 6.45) is 5.25. The highest BCUT2D eigenvalue weighted by Crippen LogP contribution is 2.27. The van der Waals surface area contributed by atoms with Crippen molar-refractivity contribution in [1.82, 2.24) is 4.98 Å². The lowest BCUT2D eigenvalue weighted by molar-refractivity contribution is -0.122. The van der Waals surface area contributed by atoms with Crippen molar-refractivity contribution in [2.75, 3.05) is 23.3 Å². The molecule has 7 nitrogen and oxygen atoms in total. The zero-order valence-corrected chi connectivity index (χ0v) is 17.3. The number of benzene rings is 1. The van der Waals surface area contributed by atoms with Gasteiger partial charge in [0.2, 0.25) is 11.8 Å². The van der Waals surface area contributed by atoms with Crippen LogP contribution >= 0.6 is 0 Å². The van der Waals surface area contributed by atoms with Gasteiger partial charge in [0.1, 0.15) is 11.4 Å². The molecule has 156 valence electrons. The topological polar surface area (TPSA) is 101 Å². The van der Waals surface area contributed by atoms with Crippen molar-refractivity contribution < 1.29 is 14.0 Å². The number of carbonyl (C=O) groups is 2. The summed E-state index contributed by atoms with van der Waals surface area (Å²) < 4.78 is 5.69. The van der Waals surface area contributed by atoms with Crippen LogP contribution in [0.3, 0.4) is 0 Å². The van der Waals surface area contributed by atoms with Gasteiger partial charge in [-0.1, -0.05) is 12.1 Å². The first-order chi connectivity index (χ1) is 14.4. The van der Waals surface area contributed by atoms with Gasteiger partial charge < -0.3 is 20.4 Å². The third-order valence-corrected chi connectivity index (χ3v) is 5.87. The number of rotatable bonds is 5. The van der Waals surface area contributed by atoms with Crippen LogP contribution in [0.1, 0.15) is 29.5 Å². The fraction of sp³-hybridized carbons (Fsp3) is 0.348. The molecule has 1 atom stereocenters. The Hall–Kier alpha value is -3.35. The smallest absolute Gasteiger partial charge is 0.228 e. The van der Waals surface area contributed by atoms with Gasteiger partial charge in [-0.3, -0.25) is 9.59 Å². The zero-order chi connectivity index (χ0) is 21.3. The third kappa shape index (κ3) is 4.01. The maximum absolute atomic E-state index is 12.5. The molecule has 3 N–H and O–H groups in total. The number of furan rings is 1. The number of piperidine rings is 1. The van der Waals surface area contributed by atoms with E-state index in [2.05, 4.69) is 15.2 Å². The van der Waals surface area contributed by atoms with Crippen molar-refractivity contribution in [2.24, 2.45) is 11.7 Å². The normalized spacial score (nSPS) is 16.6. The first-order valence-electron chi connectivity index (χ1n) is 10.2. The Balaban J connectivity index is 1.41. The summed E-state index contributed by atoms with van der Waals surface area (Å²) in [6.45, 7) is 5.49. The van der Waals surface area contributed by atoms with Gasteiger partial charge in [0.05, 0.1) is 30.5 Å². The molecule has 0 bridgehead atoms. The minimum atomic E-state index is -0.263. The van der Waals surface area contributed by atoms with Crippen LogP contribution in [0.15, 0.2) is 41.1 Å². The van der Waals surface area contributed by atoms with E-state index < -0.39 is 0 Å². The highest BCUT2D eigenvalue weighted by atomic mass is 16.3. The van der Waals surface area contributed by atoms with Crippen molar-refractivity contribution in [2.45, 2.75) is 33.1 Å². The summed E-state index contributed by atoms with van der Waals surface area (Å²) >= 11 is 0. The number of aryl methyl sites for hydroxylation is 2. The Morgan fingerprint density at radius 2 is 2.10 bits per heavy atom. The lowest BCUT2D eigenvalue weighted by Crippen LogP contribution is -2.41. The number of carbonyl (C=O) groups excluding carboxylic acids is 2. The van der Waals surface area contributed by atoms with E-state index in [1.807, 2.05) is 38.1 Å². The van der Waals surface area contributed by atoms with E-state index >= 15 is 0 Å². The summed E-state index contributed by atoms with van der Waals surface area (Å²) in [7, 11) is 0. The van der Waals surface area contributed by atoms with Crippen molar-refractivity contribution in [3.8, 4) is 0 Å². The molecule has 2 amide bonds. The van der Waals surface area contributed by atoms with Crippen molar-refractivity contribution >= 4 is 34.3 Å². The predicted molar refractivity (Wildman–Crippen MR) is 116 cm³/mol. The van der Waals surface area contributed by atoms with E-state index in [4.69, 9.17) is 10.2 Å². The molecule has 1 saturated heterocycles. The Kier molecular flexibility index (Phi) is 5.44. The number of anilines is 2. The lowest BCUT2D eigenvalue weighted by Gasteiger charge is -2.32. The molecule has 1 aliphatic rings. The van der Waals surface area contributed by atoms with E-state index in [-0.39, 0.29) is 24.2 Å². The summed E-state index contributed by atoms with van der Waals surface area (Å²) in [4.78, 5) is 30.5. The van der Waals surface area contributed by atoms with Crippen LogP contribution in [-0.4, -0.2) is 29.9 Å². The first kappa shape index (κ1) is 19.9. The molecule has 30 heavy (non-hydrogen) atoms. The average molecular weight is 406 g/mol. The van der Waals surface area contributed by atoms with Gasteiger partial charge in [0.15, 0.2) is 0 Å². The molecule has 1 fully saturated rings. The molecule has 0 aliphatic carbocycles. The molecule has 7 heteroatoms. The Labute approximate surface area is 175 Å². The van der Waals surface area contributed by atoms with E-state index in [0.29, 0.717) is 12.2 Å². The molecule has 1 aliphatic heterocycles. The van der Waals surface area contributed by atoms with Gasteiger partial charge in [0.25, 0.3) is 0 Å². The summed E-state index contributed by atoms with van der Waals surface area (Å²) in [5, 5.41) is 3.86. The van der Waals surface area contributed by atoms with Crippen LogP contribution in [-0.2, 0) is 16.0 Å². The summed E-state index contributed by atoms with van der Waals surface area (Å²) in [5.74, 6) is 0.251. The lowest BCUT2D eigenvalue weighted by atomic mass is 9.97. The molecule has 1 unspecified atom stereocenters. The number of nitrogens with one attached hydrogen (secondary N) is 1. The zero-order valence-electron chi connectivity index (χ0n) is 17.3. The standard InChI is InChI=1S/C23H26N4O3/c1-14-5-7-19-17(13-30-22(19)15(14)2)10-21(28)26-18-6-8-20(25-11-18)27-9-3-4-16(12-27)23(24)29/h5-8,11,13,16H,3-4,9-10,12H2,1-2H3,(H2,24,29)(H,26,28). The molecule has 3 aromatic rings. The largest absolute Gasteiger partial charge is 0.464 e. The second-order valence-electron chi connectivity index (χ2n) is 7.96. The van der Waals surface area contributed by atoms with Crippen molar-refractivity contribution in [3.63, 3.8) is 0 Å². The van der Waals surface area contributed by atoms with Gasteiger partial charge in [0, 0.05) is 24.0 Å². The second kappa shape index (κ2) is 8.18. The number of hydrogen-bond acceptors (Lipinski definition) is 5. The number of primary amides is 1. The maximum Gasteiger partial charge on any atom is 0.228 e. The van der Waals surface area contributed by atoms with E-state index in [9.17, 15) is 9.59 Å². The Bertz CT molecular complexity index is 1090. The fourth-order valence-electron chi connectivity index (χ4n) is 3.97. The first-order valence-corrected chi connectivity index (χ1v) is 10.2. The number of hydrogen-bond donors (Lipinski definition) is 2. The highest BCUT2D eigenvalue weighted by Gasteiger charge is 2.24. The molecule has 1 aromatic carbocycles. The fourth-order valence-corrected chi connectivity index (χ4v) is 3.97. The van der Waals surface area contributed by atoms with Crippen molar-refractivity contribution in [1.29, 1.82) is 0 Å². The van der Waals surface area contributed by atoms with E-state index in [1.165, 1.54) is 0 Å². The number of nitrogens with zero attached hydrogens (tertiary/aromatic N) is 2. The van der Waals surface area contributed by atoms with E-state index in [1.54, 1.807) is 12.5 Å². The Morgan fingerprint density at radius 1 is 1.27 bits per heavy atom. The molecule has 0 spiro atoms. The number of amides is 2. The number of nitrogens with two attached hydrogens (primary N) is 1. The van der Waals surface area contributed by atoms with Crippen LogP contribution < -0.4 is 16.0 Å². The molecule has 3 heterocycles. The summed E-state index contributed by atoms with van der Waals surface area (Å²) in [5.41, 5.74) is 10.0. The number of aromatic nitrogens is 1. The molecule has 4 rings (SSSR count). The number of pyridine rings is 1. The van der Waals surface area contributed by atoms with Gasteiger partial charge in [-0.25, -0.2) is 4.98 Å². The van der Waals surface area contributed by atoms with Crippen LogP contribution in [0.5, 0.6) is 0 Å². The Morgan fingerprint density at radius 3 is 2.83 bits per heavy atom. The molecule has 0 radical (unpaired) electrons. The molecular weight excluding hydrogens is 380 g/mol. The van der Waals surface area contributed by atoms with Crippen LogP contribution in [0.4, 0.5) is 11.5 Å². The molecular formula is C23H26N4O3. The monoisotopic (exact) mass is 406 g/mol. The predicted octanol–water partition coefficient (Wildman–Crippen LogP) is 3.33. The van der Waals surface area contributed by atoms with Gasteiger partial charge in [-0.2, -0.15) is 0 Å². The maximum atomic E-state index is 12.5. The molecule has 2 aromatic heterocycles. The highest BCUT2D eigenvalue weighted by molar-refractivity contribution is 5.95. The van der Waals surface area contributed by atoms with Crippen LogP contribution in [0.2, 0.25) is 0 Å². The van der Waals surface area contributed by atoms with Crippen molar-refractivity contribution in [3.05, 3.63) is 53.4 Å². The third-order valence-electron chi connectivity index (χ3n) is 5.87. The summed E-state index contributed by atoms with van der Waals surface area (Å²) in [6, 6.07) is 7.73. The average Bonchev–Trinajstić information content (AvgIpc) is 3.14. The van der Waals surface area contributed by atoms with Gasteiger partial charge in [-0.05, 0) is 49.9 Å². The van der Waals surface area contributed by atoms with Gasteiger partial charge >= 0.3 is 0 Å². The minimum Gasteiger partial charge on any atom is -0.464 e. The SMILES string of the molecule is Cc1ccc2c(CC(=O)Nc3ccc(N4CCCC(C(N)=O)C4)nc3)coc2c1C. The van der Waals surface area contributed by atoms with Gasteiger partial charge in [-0.15, -0.1) is 0 Å². The van der Waals surface area contributed by atoms with Crippen LogP contribution in [0, 0.1) is 19.8 Å². The van der Waals surface area contributed by atoms with E-state index in [0.717, 1.165) is 52.9 Å². The number of fused-ring (bicyclic) bond motifs is 1. The molecule has 0 saturated carbocycles. The van der Waals surface area contributed by atoms with Crippen LogP contribution in [0.25, 0.3) is 11.0 Å². The minimum absolute atomic E-state index is 0.128.